The second-order valence-electron chi connectivity index (χ2n) is 9.44. The number of rotatable bonds is 3. The first-order valence-corrected chi connectivity index (χ1v) is 10.2. The molecule has 27 heavy (non-hydrogen) atoms. The average molecular weight is 374 g/mol. The van der Waals surface area contributed by atoms with Gasteiger partial charge in [0.25, 0.3) is 5.91 Å². The number of hydrogen-bond donors (Lipinski definition) is 2. The van der Waals surface area contributed by atoms with Crippen molar-refractivity contribution in [2.45, 2.75) is 64.9 Å². The molecule has 0 heterocycles. The first-order chi connectivity index (χ1) is 12.8. The Morgan fingerprint density at radius 2 is 2.07 bits per heavy atom. The van der Waals surface area contributed by atoms with Crippen LogP contribution in [0.15, 0.2) is 16.8 Å². The lowest BCUT2D eigenvalue weighted by molar-refractivity contribution is -0.122. The standard InChI is InChI=1S/C21H30N2O4/c1-20-7-5-12(24)9-16(20)17(23-27-11-19(22)26)10-13-14-3-4-18(25)21(14,2)8-6-15(13)20/h9,13-15,18,25H,3-8,10-11H2,1-2H3,(H2,22,26)/b23-17+/t13?,14?,15-,18-,20+,21-/m0/s1. The normalized spacial score (nSPS) is 44.9. The van der Waals surface area contributed by atoms with Crippen molar-refractivity contribution in [1.82, 2.24) is 0 Å². The van der Waals surface area contributed by atoms with Gasteiger partial charge in [-0.1, -0.05) is 19.0 Å². The Morgan fingerprint density at radius 1 is 1.30 bits per heavy atom. The summed E-state index contributed by atoms with van der Waals surface area (Å²) in [6.45, 7) is 4.25. The van der Waals surface area contributed by atoms with E-state index >= 15 is 0 Å². The van der Waals surface area contributed by atoms with Crippen LogP contribution in [0.25, 0.3) is 0 Å². The highest BCUT2D eigenvalue weighted by Gasteiger charge is 2.60. The summed E-state index contributed by atoms with van der Waals surface area (Å²) in [6.07, 6.45) is 7.70. The molecule has 0 aromatic carbocycles. The molecule has 6 heteroatoms. The van der Waals surface area contributed by atoms with Crippen LogP contribution in [0.3, 0.4) is 0 Å². The molecule has 0 aromatic heterocycles. The van der Waals surface area contributed by atoms with Gasteiger partial charge in [0.1, 0.15) is 0 Å². The molecule has 4 aliphatic carbocycles. The fourth-order valence-corrected chi connectivity index (χ4v) is 6.64. The molecule has 3 saturated carbocycles. The Bertz CT molecular complexity index is 730. The van der Waals surface area contributed by atoms with Gasteiger partial charge in [0.15, 0.2) is 12.4 Å². The van der Waals surface area contributed by atoms with Crippen molar-refractivity contribution in [2.75, 3.05) is 6.61 Å². The van der Waals surface area contributed by atoms with Gasteiger partial charge in [-0.25, -0.2) is 0 Å². The number of amides is 1. The number of primary amides is 1. The van der Waals surface area contributed by atoms with Gasteiger partial charge in [-0.05, 0) is 78.8 Å². The zero-order chi connectivity index (χ0) is 19.4. The second kappa shape index (κ2) is 6.43. The summed E-state index contributed by atoms with van der Waals surface area (Å²) < 4.78 is 0. The molecular weight excluding hydrogens is 344 g/mol. The fraction of sp³-hybridized carbons (Fsp3) is 0.762. The van der Waals surface area contributed by atoms with Gasteiger partial charge in [0, 0.05) is 6.42 Å². The monoisotopic (exact) mass is 374 g/mol. The van der Waals surface area contributed by atoms with Crippen molar-refractivity contribution < 1.29 is 19.5 Å². The van der Waals surface area contributed by atoms with E-state index in [4.69, 9.17) is 10.6 Å². The van der Waals surface area contributed by atoms with E-state index in [1.54, 1.807) is 6.08 Å². The first-order valence-electron chi connectivity index (χ1n) is 10.2. The van der Waals surface area contributed by atoms with Crippen LogP contribution in [0, 0.1) is 28.6 Å². The minimum Gasteiger partial charge on any atom is -0.393 e. The molecule has 0 bridgehead atoms. The van der Waals surface area contributed by atoms with Crippen molar-refractivity contribution in [1.29, 1.82) is 0 Å². The summed E-state index contributed by atoms with van der Waals surface area (Å²) in [5, 5.41) is 14.9. The number of hydrogen-bond acceptors (Lipinski definition) is 5. The predicted octanol–water partition coefficient (Wildman–Crippen LogP) is 2.35. The van der Waals surface area contributed by atoms with Gasteiger partial charge in [-0.3, -0.25) is 9.59 Å². The predicted molar refractivity (Wildman–Crippen MR) is 101 cm³/mol. The number of carbonyl (C=O) groups excluding carboxylic acids is 2. The molecule has 0 aromatic rings. The van der Waals surface area contributed by atoms with E-state index in [-0.39, 0.29) is 29.3 Å². The number of nitrogens with two attached hydrogens (primary N) is 1. The van der Waals surface area contributed by atoms with Crippen molar-refractivity contribution >= 4 is 17.4 Å². The van der Waals surface area contributed by atoms with Gasteiger partial charge in [-0.15, -0.1) is 0 Å². The van der Waals surface area contributed by atoms with Crippen molar-refractivity contribution in [3.05, 3.63) is 11.6 Å². The van der Waals surface area contributed by atoms with Crippen molar-refractivity contribution in [3.8, 4) is 0 Å². The summed E-state index contributed by atoms with van der Waals surface area (Å²) in [5.74, 6) is 0.959. The van der Waals surface area contributed by atoms with Crippen LogP contribution in [0.5, 0.6) is 0 Å². The first kappa shape index (κ1) is 18.7. The molecule has 3 fully saturated rings. The Kier molecular flexibility index (Phi) is 4.45. The summed E-state index contributed by atoms with van der Waals surface area (Å²) in [7, 11) is 0. The lowest BCUT2D eigenvalue weighted by Crippen LogP contribution is -2.53. The molecule has 0 aliphatic heterocycles. The molecule has 0 radical (unpaired) electrons. The quantitative estimate of drug-likeness (QED) is 0.740. The molecule has 0 saturated heterocycles. The molecule has 6 atom stereocenters. The van der Waals surface area contributed by atoms with E-state index < -0.39 is 5.91 Å². The number of aliphatic hydroxyl groups is 1. The number of ketones is 1. The van der Waals surface area contributed by atoms with E-state index in [2.05, 4.69) is 19.0 Å². The minimum absolute atomic E-state index is 0.0254. The lowest BCUT2D eigenvalue weighted by Gasteiger charge is -2.57. The molecule has 4 aliphatic rings. The van der Waals surface area contributed by atoms with E-state index in [1.165, 1.54) is 0 Å². The molecule has 1 amide bonds. The van der Waals surface area contributed by atoms with Gasteiger partial charge in [0.2, 0.25) is 0 Å². The number of fused-ring (bicyclic) bond motifs is 5. The zero-order valence-electron chi connectivity index (χ0n) is 16.2. The van der Waals surface area contributed by atoms with Crippen molar-refractivity contribution in [2.24, 2.45) is 39.5 Å². The number of aliphatic hydroxyl groups excluding tert-OH is 1. The SMILES string of the molecule is C[C@]12CCC(=O)C=C1/C(=N/OCC(N)=O)CC1C3CC[C@H](O)[C@@]3(C)CC[C@@H]12. The third kappa shape index (κ3) is 2.84. The third-order valence-electron chi connectivity index (χ3n) is 8.14. The molecule has 4 rings (SSSR count). The van der Waals surface area contributed by atoms with Crippen LogP contribution >= 0.6 is 0 Å². The van der Waals surface area contributed by atoms with Gasteiger partial charge in [0.05, 0.1) is 11.8 Å². The zero-order valence-corrected chi connectivity index (χ0v) is 16.2. The molecular formula is C21H30N2O4. The largest absolute Gasteiger partial charge is 0.393 e. The van der Waals surface area contributed by atoms with Crippen LogP contribution < -0.4 is 5.73 Å². The summed E-state index contributed by atoms with van der Waals surface area (Å²) in [6, 6.07) is 0. The van der Waals surface area contributed by atoms with Crippen LogP contribution in [-0.4, -0.2) is 35.2 Å². The summed E-state index contributed by atoms with van der Waals surface area (Å²) in [4.78, 5) is 28.4. The highest BCUT2D eigenvalue weighted by Crippen LogP contribution is 2.64. The van der Waals surface area contributed by atoms with E-state index in [0.29, 0.717) is 24.2 Å². The van der Waals surface area contributed by atoms with E-state index in [0.717, 1.165) is 49.8 Å². The molecule has 0 spiro atoms. The van der Waals surface area contributed by atoms with Crippen LogP contribution in [0.2, 0.25) is 0 Å². The van der Waals surface area contributed by atoms with Gasteiger partial charge in [-0.2, -0.15) is 0 Å². The Labute approximate surface area is 160 Å². The maximum atomic E-state index is 12.1. The Morgan fingerprint density at radius 3 is 2.81 bits per heavy atom. The Balaban J connectivity index is 1.72. The van der Waals surface area contributed by atoms with Crippen LogP contribution in [-0.2, 0) is 14.4 Å². The lowest BCUT2D eigenvalue weighted by atomic mass is 9.47. The summed E-state index contributed by atoms with van der Waals surface area (Å²) >= 11 is 0. The maximum absolute atomic E-state index is 12.1. The smallest absolute Gasteiger partial charge is 0.258 e. The topological polar surface area (TPSA) is 102 Å². The highest BCUT2D eigenvalue weighted by molar-refractivity contribution is 6.08. The Hall–Kier alpha value is -1.69. The van der Waals surface area contributed by atoms with Crippen LogP contribution in [0.4, 0.5) is 0 Å². The molecule has 2 unspecified atom stereocenters. The van der Waals surface area contributed by atoms with Crippen molar-refractivity contribution in [3.63, 3.8) is 0 Å². The van der Waals surface area contributed by atoms with E-state index in [1.807, 2.05) is 0 Å². The maximum Gasteiger partial charge on any atom is 0.258 e. The van der Waals surface area contributed by atoms with Gasteiger partial charge < -0.3 is 15.7 Å². The number of allylic oxidation sites excluding steroid dienone is 1. The molecule has 6 nitrogen and oxygen atoms in total. The molecule has 148 valence electrons. The minimum atomic E-state index is -0.561. The number of carbonyl (C=O) groups is 2. The average Bonchev–Trinajstić information content (AvgIpc) is 2.91. The fourth-order valence-electron chi connectivity index (χ4n) is 6.64. The number of nitrogens with zero attached hydrogens (tertiary/aromatic N) is 1. The highest BCUT2D eigenvalue weighted by atomic mass is 16.6. The second-order valence-corrected chi connectivity index (χ2v) is 9.44. The third-order valence-corrected chi connectivity index (χ3v) is 8.14. The van der Waals surface area contributed by atoms with E-state index in [9.17, 15) is 14.7 Å². The summed E-state index contributed by atoms with van der Waals surface area (Å²) in [5.41, 5.74) is 6.83. The van der Waals surface area contributed by atoms with Crippen LogP contribution in [0.1, 0.15) is 58.8 Å². The number of oxime groups is 1. The van der Waals surface area contributed by atoms with Gasteiger partial charge >= 0.3 is 0 Å². The molecule has 3 N–H and O–H groups in total.